The summed E-state index contributed by atoms with van der Waals surface area (Å²) >= 11 is 7.67. The van der Waals surface area contributed by atoms with Gasteiger partial charge in [0.1, 0.15) is 5.15 Å². The van der Waals surface area contributed by atoms with Crippen molar-refractivity contribution in [2.24, 2.45) is 0 Å². The quantitative estimate of drug-likeness (QED) is 0.367. The first kappa shape index (κ1) is 21.9. The molecule has 4 aromatic rings. The molecule has 8 heteroatoms. The van der Waals surface area contributed by atoms with Crippen LogP contribution >= 0.6 is 22.9 Å². The maximum absolute atomic E-state index is 13.0. The van der Waals surface area contributed by atoms with Gasteiger partial charge in [0.05, 0.1) is 28.4 Å². The number of aryl methyl sites for hydroxylation is 2. The van der Waals surface area contributed by atoms with Crippen LogP contribution in [0.2, 0.25) is 5.15 Å². The Kier molecular flexibility index (Phi) is 6.21. The molecule has 0 aliphatic carbocycles. The molecule has 0 aliphatic heterocycles. The fourth-order valence-corrected chi connectivity index (χ4v) is 4.54. The minimum absolute atomic E-state index is 0.109. The zero-order valence-corrected chi connectivity index (χ0v) is 19.4. The Labute approximate surface area is 194 Å². The number of carbonyl (C=O) groups is 2. The van der Waals surface area contributed by atoms with E-state index in [0.29, 0.717) is 33.5 Å². The van der Waals surface area contributed by atoms with Crippen molar-refractivity contribution in [3.63, 3.8) is 0 Å². The van der Waals surface area contributed by atoms with Gasteiger partial charge in [-0.1, -0.05) is 83.1 Å². The molecule has 0 saturated heterocycles. The third-order valence-corrected chi connectivity index (χ3v) is 6.42. The summed E-state index contributed by atoms with van der Waals surface area (Å²) in [5.74, 6) is -0.520. The van der Waals surface area contributed by atoms with Crippen LogP contribution in [0, 0.1) is 13.8 Å². The molecule has 1 amide bonds. The molecule has 162 valence electrons. The van der Waals surface area contributed by atoms with Gasteiger partial charge in [0.15, 0.2) is 10.9 Å². The molecule has 1 N–H and O–H groups in total. The first-order valence-electron chi connectivity index (χ1n) is 10.0. The maximum atomic E-state index is 13.0. The largest absolute Gasteiger partial charge is 0.298 e. The predicted molar refractivity (Wildman–Crippen MR) is 128 cm³/mol. The summed E-state index contributed by atoms with van der Waals surface area (Å²) in [6.45, 7) is 5.71. The zero-order valence-electron chi connectivity index (χ0n) is 17.8. The van der Waals surface area contributed by atoms with Crippen molar-refractivity contribution in [1.29, 1.82) is 0 Å². The van der Waals surface area contributed by atoms with Gasteiger partial charge >= 0.3 is 0 Å². The number of hydrogen-bond donors (Lipinski definition) is 1. The van der Waals surface area contributed by atoms with Crippen molar-refractivity contribution in [1.82, 2.24) is 14.8 Å². The summed E-state index contributed by atoms with van der Waals surface area (Å²) in [7, 11) is 0. The van der Waals surface area contributed by atoms with E-state index in [2.05, 4.69) is 15.4 Å². The topological polar surface area (TPSA) is 76.9 Å². The van der Waals surface area contributed by atoms with Crippen LogP contribution in [0.15, 0.2) is 54.6 Å². The van der Waals surface area contributed by atoms with Gasteiger partial charge in [0, 0.05) is 12.5 Å². The van der Waals surface area contributed by atoms with Gasteiger partial charge in [-0.3, -0.25) is 14.9 Å². The summed E-state index contributed by atoms with van der Waals surface area (Å²) in [6.07, 6.45) is 0. The van der Waals surface area contributed by atoms with Crippen LogP contribution in [0.5, 0.6) is 0 Å². The van der Waals surface area contributed by atoms with Crippen molar-refractivity contribution >= 4 is 39.8 Å². The van der Waals surface area contributed by atoms with Crippen LogP contribution in [0.4, 0.5) is 5.13 Å². The number of nitrogens with zero attached hydrogens (tertiary/aromatic N) is 3. The standard InChI is InChI=1S/C24H21ClN4O2S/c1-14-9-11-17(12-10-14)13-29-22(25)19(15(2)28-29)23(31)27-24-26-20(21(32-24)16(3)30)18-7-5-4-6-8-18/h4-12H,13H2,1-3H3,(H,26,27,31). The zero-order chi connectivity index (χ0) is 22.8. The highest BCUT2D eigenvalue weighted by molar-refractivity contribution is 7.18. The Bertz CT molecular complexity index is 1290. The van der Waals surface area contributed by atoms with E-state index in [1.807, 2.05) is 61.5 Å². The first-order valence-corrected chi connectivity index (χ1v) is 11.2. The van der Waals surface area contributed by atoms with Crippen LogP contribution < -0.4 is 5.32 Å². The van der Waals surface area contributed by atoms with Gasteiger partial charge in [0.25, 0.3) is 5.91 Å². The second kappa shape index (κ2) is 9.06. The fourth-order valence-electron chi connectivity index (χ4n) is 3.35. The molecule has 2 aromatic heterocycles. The van der Waals surface area contributed by atoms with Crippen LogP contribution in [-0.4, -0.2) is 26.5 Å². The molecule has 2 heterocycles. The summed E-state index contributed by atoms with van der Waals surface area (Å²) in [5, 5.41) is 7.82. The Hall–Kier alpha value is -3.29. The van der Waals surface area contributed by atoms with Crippen molar-refractivity contribution in [2.45, 2.75) is 27.3 Å². The number of thiazole rings is 1. The highest BCUT2D eigenvalue weighted by Crippen LogP contribution is 2.32. The third kappa shape index (κ3) is 4.49. The van der Waals surface area contributed by atoms with E-state index in [4.69, 9.17) is 11.6 Å². The van der Waals surface area contributed by atoms with E-state index in [1.54, 1.807) is 11.6 Å². The van der Waals surface area contributed by atoms with Gasteiger partial charge in [-0.25, -0.2) is 9.67 Å². The Morgan fingerprint density at radius 1 is 1.06 bits per heavy atom. The molecule has 6 nitrogen and oxygen atoms in total. The SMILES string of the molecule is CC(=O)c1sc(NC(=O)c2c(C)nn(Cc3ccc(C)cc3)c2Cl)nc1-c1ccccc1. The number of rotatable bonds is 6. The molecule has 0 bridgehead atoms. The van der Waals surface area contributed by atoms with E-state index in [1.165, 1.54) is 12.5 Å². The summed E-state index contributed by atoms with van der Waals surface area (Å²) in [4.78, 5) is 30.2. The Morgan fingerprint density at radius 3 is 2.41 bits per heavy atom. The van der Waals surface area contributed by atoms with Crippen molar-refractivity contribution in [2.75, 3.05) is 5.32 Å². The van der Waals surface area contributed by atoms with Crippen molar-refractivity contribution in [3.8, 4) is 11.3 Å². The molecular weight excluding hydrogens is 444 g/mol. The van der Waals surface area contributed by atoms with Gasteiger partial charge in [0.2, 0.25) is 0 Å². The van der Waals surface area contributed by atoms with Crippen molar-refractivity contribution < 1.29 is 9.59 Å². The van der Waals surface area contributed by atoms with Gasteiger partial charge < -0.3 is 0 Å². The second-order valence-electron chi connectivity index (χ2n) is 7.47. The lowest BCUT2D eigenvalue weighted by atomic mass is 10.1. The summed E-state index contributed by atoms with van der Waals surface area (Å²) < 4.78 is 1.61. The number of ketones is 1. The minimum Gasteiger partial charge on any atom is -0.298 e. The van der Waals surface area contributed by atoms with Gasteiger partial charge in [-0.05, 0) is 19.4 Å². The van der Waals surface area contributed by atoms with Gasteiger partial charge in [-0.15, -0.1) is 0 Å². The second-order valence-corrected chi connectivity index (χ2v) is 8.82. The molecule has 0 radical (unpaired) electrons. The average molecular weight is 465 g/mol. The molecule has 2 aromatic carbocycles. The molecule has 32 heavy (non-hydrogen) atoms. The fraction of sp³-hybridized carbons (Fsp3) is 0.167. The highest BCUT2D eigenvalue weighted by atomic mass is 35.5. The molecule has 4 rings (SSSR count). The monoisotopic (exact) mass is 464 g/mol. The lowest BCUT2D eigenvalue weighted by molar-refractivity contribution is 0.101. The van der Waals surface area contributed by atoms with Crippen LogP contribution in [0.25, 0.3) is 11.3 Å². The number of Topliss-reactive ketones (excluding diaryl/α,β-unsaturated/α-hetero) is 1. The third-order valence-electron chi connectivity index (χ3n) is 4.96. The molecule has 0 saturated carbocycles. The number of hydrogen-bond acceptors (Lipinski definition) is 5. The number of aromatic nitrogens is 3. The van der Waals surface area contributed by atoms with Gasteiger partial charge in [-0.2, -0.15) is 5.10 Å². The smallest absolute Gasteiger partial charge is 0.262 e. The minimum atomic E-state index is -0.411. The molecule has 0 atom stereocenters. The number of anilines is 1. The number of benzene rings is 2. The molecule has 0 aliphatic rings. The Morgan fingerprint density at radius 2 is 1.75 bits per heavy atom. The van der Waals surface area contributed by atoms with E-state index in [-0.39, 0.29) is 10.9 Å². The lowest BCUT2D eigenvalue weighted by Crippen LogP contribution is -2.13. The van der Waals surface area contributed by atoms with Crippen LogP contribution in [-0.2, 0) is 6.54 Å². The van der Waals surface area contributed by atoms with E-state index < -0.39 is 5.91 Å². The average Bonchev–Trinajstić information content (AvgIpc) is 3.31. The van der Waals surface area contributed by atoms with E-state index in [0.717, 1.165) is 22.5 Å². The Balaban J connectivity index is 1.60. The van der Waals surface area contributed by atoms with Crippen LogP contribution in [0.3, 0.4) is 0 Å². The van der Waals surface area contributed by atoms with E-state index in [9.17, 15) is 9.59 Å². The van der Waals surface area contributed by atoms with Crippen LogP contribution in [0.1, 0.15) is 43.8 Å². The number of amides is 1. The summed E-state index contributed by atoms with van der Waals surface area (Å²) in [6, 6.07) is 17.5. The summed E-state index contributed by atoms with van der Waals surface area (Å²) in [5.41, 5.74) is 4.38. The molecular formula is C24H21ClN4O2S. The van der Waals surface area contributed by atoms with E-state index >= 15 is 0 Å². The maximum Gasteiger partial charge on any atom is 0.262 e. The lowest BCUT2D eigenvalue weighted by Gasteiger charge is -2.05. The first-order chi connectivity index (χ1) is 15.3. The normalized spacial score (nSPS) is 10.9. The predicted octanol–water partition coefficient (Wildman–Crippen LogP) is 5.78. The number of halogens is 1. The molecule has 0 fully saturated rings. The highest BCUT2D eigenvalue weighted by Gasteiger charge is 2.23. The number of carbonyl (C=O) groups excluding carboxylic acids is 2. The molecule has 0 spiro atoms. The number of nitrogens with one attached hydrogen (secondary N) is 1. The molecule has 0 unspecified atom stereocenters. The van der Waals surface area contributed by atoms with Crippen molar-refractivity contribution in [3.05, 3.63) is 87.0 Å².